The Morgan fingerprint density at radius 3 is 2.65 bits per heavy atom. The summed E-state index contributed by atoms with van der Waals surface area (Å²) >= 11 is 0. The van der Waals surface area contributed by atoms with Crippen LogP contribution in [0.5, 0.6) is 5.75 Å². The molecular weight excluding hydrogens is 400 g/mol. The van der Waals surface area contributed by atoms with Crippen LogP contribution in [-0.2, 0) is 15.9 Å². The van der Waals surface area contributed by atoms with Gasteiger partial charge in [0.05, 0.1) is 12.7 Å². The highest BCUT2D eigenvalue weighted by molar-refractivity contribution is 5.40. The van der Waals surface area contributed by atoms with Crippen molar-refractivity contribution in [1.29, 1.82) is 0 Å². The lowest BCUT2D eigenvalue weighted by Gasteiger charge is -2.51. The Hall–Kier alpha value is -1.22. The molecule has 5 N–H and O–H groups in total. The highest BCUT2D eigenvalue weighted by Crippen LogP contribution is 2.61. The fraction of sp³-hybridized carbons (Fsp3) is 0.750. The number of phenols is 1. The predicted molar refractivity (Wildman–Crippen MR) is 111 cm³/mol. The van der Waals surface area contributed by atoms with E-state index in [-0.39, 0.29) is 11.5 Å². The Kier molecular flexibility index (Phi) is 5.56. The molecule has 0 spiro atoms. The fourth-order valence-electron chi connectivity index (χ4n) is 7.09. The van der Waals surface area contributed by atoms with Crippen LogP contribution in [0.2, 0.25) is 0 Å². The van der Waals surface area contributed by atoms with Gasteiger partial charge in [0.15, 0.2) is 6.29 Å². The first-order chi connectivity index (χ1) is 14.8. The van der Waals surface area contributed by atoms with Crippen LogP contribution in [0.4, 0.5) is 0 Å². The standard InChI is InChI=1S/C24H34O7/c1-24-9-8-15-14-5-3-13(26)10-12(14)2-4-16(15)17(24)6-7-19(24)31-23-22(29)21(28)20(27)18(11-25)30-23/h3,5,10,15-23,25-29H,2,4,6-9,11H2,1H3/t15-,16-,17+,18-,19-,20-,21+,22-,23?,24+/m1/s1. The molecule has 1 heterocycles. The summed E-state index contributed by atoms with van der Waals surface area (Å²) in [7, 11) is 0. The molecule has 0 radical (unpaired) electrons. The summed E-state index contributed by atoms with van der Waals surface area (Å²) in [5.74, 6) is 1.92. The van der Waals surface area contributed by atoms with Crippen LogP contribution in [-0.4, -0.2) is 68.9 Å². The minimum absolute atomic E-state index is 0.0472. The molecule has 172 valence electrons. The average Bonchev–Trinajstić information content (AvgIpc) is 3.09. The van der Waals surface area contributed by atoms with E-state index in [0.717, 1.165) is 38.5 Å². The summed E-state index contributed by atoms with van der Waals surface area (Å²) in [5.41, 5.74) is 2.61. The zero-order chi connectivity index (χ0) is 21.9. The van der Waals surface area contributed by atoms with Crippen molar-refractivity contribution in [3.05, 3.63) is 29.3 Å². The van der Waals surface area contributed by atoms with Gasteiger partial charge in [-0.05, 0) is 85.0 Å². The number of aliphatic hydroxyl groups is 4. The Morgan fingerprint density at radius 2 is 1.87 bits per heavy atom. The van der Waals surface area contributed by atoms with E-state index >= 15 is 0 Å². The smallest absolute Gasteiger partial charge is 0.186 e. The summed E-state index contributed by atoms with van der Waals surface area (Å²) in [4.78, 5) is 0. The van der Waals surface area contributed by atoms with Crippen molar-refractivity contribution in [2.75, 3.05) is 6.61 Å². The number of benzene rings is 1. The molecule has 0 amide bonds. The van der Waals surface area contributed by atoms with Crippen molar-refractivity contribution in [3.8, 4) is 5.75 Å². The zero-order valence-corrected chi connectivity index (χ0v) is 17.9. The van der Waals surface area contributed by atoms with E-state index in [1.165, 1.54) is 11.1 Å². The molecule has 3 fully saturated rings. The third-order valence-corrected chi connectivity index (χ3v) is 8.77. The second kappa shape index (κ2) is 7.97. The normalized spacial score (nSPS) is 46.8. The molecule has 10 atom stereocenters. The SMILES string of the molecule is C[C@]12CC[C@@H]3c4ccc(O)cc4CC[C@H]3[C@@H]1CC[C@H]2OC1O[C@H](CO)[C@@H](O)[C@H](O)[C@H]1O. The van der Waals surface area contributed by atoms with Crippen LogP contribution >= 0.6 is 0 Å². The largest absolute Gasteiger partial charge is 0.508 e. The molecule has 31 heavy (non-hydrogen) atoms. The lowest BCUT2D eigenvalue weighted by Crippen LogP contribution is -2.60. The molecule has 1 unspecified atom stereocenters. The van der Waals surface area contributed by atoms with Crippen molar-refractivity contribution in [2.24, 2.45) is 17.3 Å². The zero-order valence-electron chi connectivity index (χ0n) is 17.9. The van der Waals surface area contributed by atoms with E-state index in [2.05, 4.69) is 13.0 Å². The second-order valence-corrected chi connectivity index (χ2v) is 10.2. The van der Waals surface area contributed by atoms with Gasteiger partial charge in [0, 0.05) is 0 Å². The van der Waals surface area contributed by atoms with E-state index in [0.29, 0.717) is 23.5 Å². The van der Waals surface area contributed by atoms with Gasteiger partial charge in [-0.25, -0.2) is 0 Å². The molecule has 7 nitrogen and oxygen atoms in total. The third kappa shape index (κ3) is 3.41. The first-order valence-electron chi connectivity index (χ1n) is 11.6. The van der Waals surface area contributed by atoms with Crippen molar-refractivity contribution in [3.63, 3.8) is 0 Å². The number of aliphatic hydroxyl groups excluding tert-OH is 4. The maximum absolute atomic E-state index is 10.4. The Morgan fingerprint density at radius 1 is 1.06 bits per heavy atom. The van der Waals surface area contributed by atoms with Crippen molar-refractivity contribution in [2.45, 2.75) is 88.2 Å². The molecular formula is C24H34O7. The number of rotatable bonds is 3. The molecule has 1 aromatic carbocycles. The maximum Gasteiger partial charge on any atom is 0.186 e. The summed E-state index contributed by atoms with van der Waals surface area (Å²) < 4.78 is 11.9. The van der Waals surface area contributed by atoms with Crippen LogP contribution in [0.15, 0.2) is 18.2 Å². The van der Waals surface area contributed by atoms with Gasteiger partial charge >= 0.3 is 0 Å². The number of ether oxygens (including phenoxy) is 2. The van der Waals surface area contributed by atoms with Gasteiger partial charge in [0.1, 0.15) is 30.2 Å². The molecule has 7 heteroatoms. The molecule has 0 bridgehead atoms. The lowest BCUT2D eigenvalue weighted by molar-refractivity contribution is -0.319. The van der Waals surface area contributed by atoms with Gasteiger partial charge in [-0.3, -0.25) is 0 Å². The van der Waals surface area contributed by atoms with Crippen LogP contribution in [0, 0.1) is 17.3 Å². The van der Waals surface area contributed by atoms with E-state index < -0.39 is 37.3 Å². The molecule has 1 aliphatic heterocycles. The van der Waals surface area contributed by atoms with Crippen LogP contribution < -0.4 is 0 Å². The predicted octanol–water partition coefficient (Wildman–Crippen LogP) is 1.43. The Balaban J connectivity index is 1.33. The third-order valence-electron chi connectivity index (χ3n) is 8.77. The van der Waals surface area contributed by atoms with E-state index in [1.807, 2.05) is 6.07 Å². The summed E-state index contributed by atoms with van der Waals surface area (Å²) in [6, 6.07) is 5.81. The average molecular weight is 435 g/mol. The molecule has 0 aromatic heterocycles. The minimum atomic E-state index is -1.41. The highest BCUT2D eigenvalue weighted by atomic mass is 16.7. The van der Waals surface area contributed by atoms with Gasteiger partial charge in [-0.15, -0.1) is 0 Å². The maximum atomic E-state index is 10.4. The number of fused-ring (bicyclic) bond motifs is 5. The van der Waals surface area contributed by atoms with Crippen molar-refractivity contribution >= 4 is 0 Å². The van der Waals surface area contributed by atoms with E-state index in [1.54, 1.807) is 6.07 Å². The molecule has 5 rings (SSSR count). The minimum Gasteiger partial charge on any atom is -0.508 e. The van der Waals surface area contributed by atoms with Crippen LogP contribution in [0.25, 0.3) is 0 Å². The molecule has 1 saturated heterocycles. The number of phenolic OH excluding ortho intramolecular Hbond substituents is 1. The number of hydrogen-bond donors (Lipinski definition) is 5. The van der Waals surface area contributed by atoms with Gasteiger partial charge < -0.3 is 35.0 Å². The fourth-order valence-corrected chi connectivity index (χ4v) is 7.09. The summed E-state index contributed by atoms with van der Waals surface area (Å²) in [5, 5.41) is 49.9. The Labute approximate surface area is 182 Å². The topological polar surface area (TPSA) is 120 Å². The number of hydrogen-bond acceptors (Lipinski definition) is 7. The molecule has 3 aliphatic carbocycles. The van der Waals surface area contributed by atoms with E-state index in [4.69, 9.17) is 9.47 Å². The van der Waals surface area contributed by atoms with Crippen LogP contribution in [0.3, 0.4) is 0 Å². The summed E-state index contributed by atoms with van der Waals surface area (Å²) in [6.07, 6.45) is -0.206. The molecule has 1 aromatic rings. The number of aromatic hydroxyl groups is 1. The van der Waals surface area contributed by atoms with Gasteiger partial charge in [-0.1, -0.05) is 13.0 Å². The summed E-state index contributed by atoms with van der Waals surface area (Å²) in [6.45, 7) is 1.83. The van der Waals surface area contributed by atoms with Crippen molar-refractivity contribution < 1.29 is 35.0 Å². The molecule has 2 saturated carbocycles. The first kappa shape index (κ1) is 21.6. The van der Waals surface area contributed by atoms with Gasteiger partial charge in [0.2, 0.25) is 0 Å². The first-order valence-corrected chi connectivity index (χ1v) is 11.6. The van der Waals surface area contributed by atoms with Crippen LogP contribution in [0.1, 0.15) is 56.1 Å². The van der Waals surface area contributed by atoms with Gasteiger partial charge in [0.25, 0.3) is 0 Å². The highest BCUT2D eigenvalue weighted by Gasteiger charge is 2.57. The molecule has 4 aliphatic rings. The Bertz CT molecular complexity index is 813. The lowest BCUT2D eigenvalue weighted by atomic mass is 9.55. The number of aryl methyl sites for hydroxylation is 1. The van der Waals surface area contributed by atoms with Crippen molar-refractivity contribution in [1.82, 2.24) is 0 Å². The second-order valence-electron chi connectivity index (χ2n) is 10.2. The van der Waals surface area contributed by atoms with Gasteiger partial charge in [-0.2, -0.15) is 0 Å². The van der Waals surface area contributed by atoms with E-state index in [9.17, 15) is 25.5 Å². The quantitative estimate of drug-likeness (QED) is 0.488. The monoisotopic (exact) mass is 434 g/mol.